The molecule has 0 aliphatic carbocycles. The van der Waals surface area contributed by atoms with Gasteiger partial charge < -0.3 is 19.5 Å². The maximum absolute atomic E-state index is 5.44. The molecule has 2 aromatic carbocycles. The number of aryl methyl sites for hydroxylation is 1. The van der Waals surface area contributed by atoms with Gasteiger partial charge in [0.15, 0.2) is 17.3 Å². The summed E-state index contributed by atoms with van der Waals surface area (Å²) in [6.07, 6.45) is 5.39. The van der Waals surface area contributed by atoms with Gasteiger partial charge in [0.05, 0.1) is 39.4 Å². The number of rotatable bonds is 7. The van der Waals surface area contributed by atoms with Crippen molar-refractivity contribution in [3.63, 3.8) is 0 Å². The lowest BCUT2D eigenvalue weighted by Gasteiger charge is -2.14. The molecule has 0 bridgehead atoms. The summed E-state index contributed by atoms with van der Waals surface area (Å²) < 4.78 is 18.1. The van der Waals surface area contributed by atoms with Crippen LogP contribution in [0.4, 0.5) is 11.6 Å². The van der Waals surface area contributed by atoms with E-state index in [0.29, 0.717) is 34.7 Å². The molecule has 0 radical (unpaired) electrons. The smallest absolute Gasteiger partial charge is 0.245 e. The maximum atomic E-state index is 5.44. The Bertz CT molecular complexity index is 1440. The van der Waals surface area contributed by atoms with Gasteiger partial charge in [-0.2, -0.15) is 5.10 Å². The molecule has 0 aliphatic rings. The Morgan fingerprint density at radius 2 is 1.68 bits per heavy atom. The molecule has 10 nitrogen and oxygen atoms in total. The maximum Gasteiger partial charge on any atom is 0.245 e. The lowest BCUT2D eigenvalue weighted by molar-refractivity contribution is 0.324. The molecule has 0 spiro atoms. The largest absolute Gasteiger partial charge is 0.493 e. The molecule has 2 N–H and O–H groups in total. The molecular formula is C24H23N7O3. The van der Waals surface area contributed by atoms with Crippen LogP contribution in [0.3, 0.4) is 0 Å². The quantitative estimate of drug-likeness (QED) is 0.373. The van der Waals surface area contributed by atoms with E-state index in [1.165, 1.54) is 0 Å². The number of aromatic amines is 1. The summed E-state index contributed by atoms with van der Waals surface area (Å²) in [5, 5.41) is 14.8. The second kappa shape index (κ2) is 8.74. The van der Waals surface area contributed by atoms with Crippen molar-refractivity contribution in [2.75, 3.05) is 26.6 Å². The number of nitrogens with one attached hydrogen (secondary N) is 2. The van der Waals surface area contributed by atoms with Crippen molar-refractivity contribution in [2.24, 2.45) is 0 Å². The Kier molecular flexibility index (Phi) is 5.46. The van der Waals surface area contributed by atoms with E-state index in [1.54, 1.807) is 50.4 Å². The Morgan fingerprint density at radius 1 is 0.912 bits per heavy atom. The summed E-state index contributed by atoms with van der Waals surface area (Å²) in [5.74, 6) is 2.68. The molecule has 34 heavy (non-hydrogen) atoms. The number of nitrogens with zero attached hydrogens (tertiary/aromatic N) is 5. The topological polar surface area (TPSA) is 111 Å². The average Bonchev–Trinajstić information content (AvgIpc) is 3.52. The Morgan fingerprint density at radius 3 is 2.35 bits per heavy atom. The zero-order chi connectivity index (χ0) is 23.7. The van der Waals surface area contributed by atoms with E-state index in [2.05, 4.69) is 26.6 Å². The second-order valence-electron chi connectivity index (χ2n) is 7.51. The van der Waals surface area contributed by atoms with Crippen LogP contribution in [0.15, 0.2) is 55.0 Å². The molecule has 3 heterocycles. The molecule has 10 heteroatoms. The number of aromatic nitrogens is 6. The highest BCUT2D eigenvalue weighted by molar-refractivity contribution is 5.72. The van der Waals surface area contributed by atoms with Crippen molar-refractivity contribution in [3.05, 3.63) is 60.7 Å². The van der Waals surface area contributed by atoms with Crippen LogP contribution in [-0.2, 0) is 0 Å². The van der Waals surface area contributed by atoms with Gasteiger partial charge in [0, 0.05) is 35.1 Å². The van der Waals surface area contributed by atoms with Gasteiger partial charge >= 0.3 is 0 Å². The van der Waals surface area contributed by atoms with Crippen LogP contribution in [0, 0.1) is 6.92 Å². The van der Waals surface area contributed by atoms with Crippen molar-refractivity contribution in [1.29, 1.82) is 0 Å². The summed E-state index contributed by atoms with van der Waals surface area (Å²) in [6, 6.07) is 11.7. The molecular weight excluding hydrogens is 434 g/mol. The summed E-state index contributed by atoms with van der Waals surface area (Å²) >= 11 is 0. The predicted molar refractivity (Wildman–Crippen MR) is 128 cm³/mol. The van der Waals surface area contributed by atoms with Gasteiger partial charge in [0.25, 0.3) is 0 Å². The van der Waals surface area contributed by atoms with Gasteiger partial charge in [0.2, 0.25) is 11.7 Å². The predicted octanol–water partition coefficient (Wildman–Crippen LogP) is 4.26. The van der Waals surface area contributed by atoms with Gasteiger partial charge in [0.1, 0.15) is 5.52 Å². The summed E-state index contributed by atoms with van der Waals surface area (Å²) in [4.78, 5) is 9.23. The van der Waals surface area contributed by atoms with Crippen LogP contribution in [0.25, 0.3) is 28.0 Å². The highest BCUT2D eigenvalue weighted by atomic mass is 16.5. The molecule has 0 unspecified atom stereocenters. The Hall–Kier alpha value is -4.60. The second-order valence-corrected chi connectivity index (χ2v) is 7.51. The van der Waals surface area contributed by atoms with Crippen molar-refractivity contribution in [3.8, 4) is 39.8 Å². The SMILES string of the molecule is COc1cc(Nc2ncc3c(C)nc(-c4cccc(-c5cn[nH]c5)c4)n3n2)cc(OC)c1OC. The molecule has 5 rings (SSSR count). The van der Waals surface area contributed by atoms with Crippen LogP contribution in [-0.4, -0.2) is 51.1 Å². The zero-order valence-corrected chi connectivity index (χ0v) is 19.2. The van der Waals surface area contributed by atoms with E-state index >= 15 is 0 Å². The van der Waals surface area contributed by atoms with E-state index in [-0.39, 0.29) is 0 Å². The van der Waals surface area contributed by atoms with Gasteiger partial charge in [-0.15, -0.1) is 5.10 Å². The van der Waals surface area contributed by atoms with Crippen LogP contribution in [0.5, 0.6) is 17.2 Å². The number of anilines is 2. The zero-order valence-electron chi connectivity index (χ0n) is 19.2. The monoisotopic (exact) mass is 457 g/mol. The standard InChI is InChI=1S/C24H23N7O3/c1-14-19-13-25-24(29-18-9-20(32-2)22(34-4)21(10-18)33-3)30-31(19)23(28-14)16-7-5-6-15(8-16)17-11-26-27-12-17/h5-13H,1-4H3,(H,26,27)(H,29,30). The minimum Gasteiger partial charge on any atom is -0.493 e. The van der Waals surface area contributed by atoms with Crippen molar-refractivity contribution in [1.82, 2.24) is 29.8 Å². The minimum absolute atomic E-state index is 0.395. The van der Waals surface area contributed by atoms with E-state index < -0.39 is 0 Å². The molecule has 0 aliphatic heterocycles. The van der Waals surface area contributed by atoms with Crippen LogP contribution >= 0.6 is 0 Å². The first kappa shape index (κ1) is 21.3. The van der Waals surface area contributed by atoms with E-state index in [4.69, 9.17) is 24.3 Å². The number of fused-ring (bicyclic) bond motifs is 1. The number of methoxy groups -OCH3 is 3. The molecule has 3 aromatic heterocycles. The Labute approximate surface area is 195 Å². The van der Waals surface area contributed by atoms with Crippen LogP contribution < -0.4 is 19.5 Å². The van der Waals surface area contributed by atoms with E-state index in [0.717, 1.165) is 27.9 Å². The van der Waals surface area contributed by atoms with Gasteiger partial charge in [-0.1, -0.05) is 18.2 Å². The molecule has 0 fully saturated rings. The summed E-state index contributed by atoms with van der Waals surface area (Å²) in [6.45, 7) is 1.94. The number of benzene rings is 2. The fourth-order valence-electron chi connectivity index (χ4n) is 3.80. The van der Waals surface area contributed by atoms with Crippen LogP contribution in [0.1, 0.15) is 5.69 Å². The van der Waals surface area contributed by atoms with Crippen molar-refractivity contribution < 1.29 is 14.2 Å². The first-order chi connectivity index (χ1) is 16.6. The molecule has 0 atom stereocenters. The Balaban J connectivity index is 1.55. The van der Waals surface area contributed by atoms with Gasteiger partial charge in [-0.25, -0.2) is 14.5 Å². The van der Waals surface area contributed by atoms with Crippen LogP contribution in [0.2, 0.25) is 0 Å². The van der Waals surface area contributed by atoms with Gasteiger partial charge in [-0.3, -0.25) is 5.10 Å². The minimum atomic E-state index is 0.395. The van der Waals surface area contributed by atoms with Gasteiger partial charge in [-0.05, 0) is 18.6 Å². The highest BCUT2D eigenvalue weighted by Gasteiger charge is 2.16. The molecule has 0 amide bonds. The number of ether oxygens (including phenoxy) is 3. The lowest BCUT2D eigenvalue weighted by Crippen LogP contribution is -2.04. The number of hydrogen-bond donors (Lipinski definition) is 2. The third-order valence-corrected chi connectivity index (χ3v) is 5.45. The summed E-state index contributed by atoms with van der Waals surface area (Å²) in [7, 11) is 4.71. The van der Waals surface area contributed by atoms with Crippen molar-refractivity contribution in [2.45, 2.75) is 6.92 Å². The van der Waals surface area contributed by atoms with E-state index in [9.17, 15) is 0 Å². The third kappa shape index (κ3) is 3.75. The third-order valence-electron chi connectivity index (χ3n) is 5.45. The fraction of sp³-hybridized carbons (Fsp3) is 0.167. The lowest BCUT2D eigenvalue weighted by atomic mass is 10.1. The first-order valence-electron chi connectivity index (χ1n) is 10.5. The first-order valence-corrected chi connectivity index (χ1v) is 10.5. The molecule has 5 aromatic rings. The van der Waals surface area contributed by atoms with Crippen molar-refractivity contribution >= 4 is 17.2 Å². The normalized spacial score (nSPS) is 10.9. The number of H-pyrrole nitrogens is 1. The highest BCUT2D eigenvalue weighted by Crippen LogP contribution is 2.40. The molecule has 0 saturated heterocycles. The fourth-order valence-corrected chi connectivity index (χ4v) is 3.80. The molecule has 0 saturated carbocycles. The van der Waals surface area contributed by atoms with E-state index in [1.807, 2.05) is 31.3 Å². The summed E-state index contributed by atoms with van der Waals surface area (Å²) in [5.41, 5.74) is 5.31. The number of imidazole rings is 1. The molecule has 172 valence electrons. The average molecular weight is 457 g/mol. The number of hydrogen-bond acceptors (Lipinski definition) is 8.